The molecule has 2 saturated heterocycles. The van der Waals surface area contributed by atoms with Crippen LogP contribution < -0.4 is 15.5 Å². The maximum Gasteiger partial charge on any atom is 0.257 e. The van der Waals surface area contributed by atoms with Crippen LogP contribution in [0.25, 0.3) is 22.7 Å². The minimum absolute atomic E-state index is 0.201. The van der Waals surface area contributed by atoms with E-state index in [4.69, 9.17) is 14.5 Å². The molecule has 36 heavy (non-hydrogen) atoms. The van der Waals surface area contributed by atoms with Gasteiger partial charge in [0.25, 0.3) is 5.91 Å². The van der Waals surface area contributed by atoms with Gasteiger partial charge >= 0.3 is 0 Å². The minimum atomic E-state index is -0.741. The van der Waals surface area contributed by atoms with Crippen LogP contribution in [0.1, 0.15) is 16.8 Å². The van der Waals surface area contributed by atoms with Crippen LogP contribution in [0.5, 0.6) is 0 Å². The number of aromatic nitrogens is 5. The molecule has 188 valence electrons. The van der Waals surface area contributed by atoms with E-state index in [1.165, 1.54) is 6.20 Å². The summed E-state index contributed by atoms with van der Waals surface area (Å²) in [6.07, 6.45) is 5.62. The van der Waals surface area contributed by atoms with Crippen molar-refractivity contribution in [2.45, 2.75) is 24.7 Å². The first-order valence-corrected chi connectivity index (χ1v) is 11.9. The zero-order valence-electron chi connectivity index (χ0n) is 20.1. The van der Waals surface area contributed by atoms with Crippen LogP contribution in [0.3, 0.4) is 0 Å². The molecule has 0 bridgehead atoms. The van der Waals surface area contributed by atoms with Gasteiger partial charge < -0.3 is 30.1 Å². The number of pyridine rings is 1. The van der Waals surface area contributed by atoms with E-state index in [9.17, 15) is 9.90 Å². The van der Waals surface area contributed by atoms with Crippen molar-refractivity contribution in [1.82, 2.24) is 29.3 Å². The van der Waals surface area contributed by atoms with Gasteiger partial charge in [0.1, 0.15) is 11.4 Å². The summed E-state index contributed by atoms with van der Waals surface area (Å²) >= 11 is 0. The van der Waals surface area contributed by atoms with E-state index >= 15 is 0 Å². The van der Waals surface area contributed by atoms with E-state index in [1.54, 1.807) is 24.9 Å². The van der Waals surface area contributed by atoms with E-state index < -0.39 is 12.1 Å². The highest BCUT2D eigenvalue weighted by molar-refractivity contribution is 6.00. The number of fused-ring (bicyclic) bond motifs is 2. The molecule has 3 N–H and O–H groups in total. The molecule has 0 aliphatic carbocycles. The van der Waals surface area contributed by atoms with E-state index in [1.807, 2.05) is 22.7 Å². The van der Waals surface area contributed by atoms with E-state index in [0.29, 0.717) is 22.7 Å². The van der Waals surface area contributed by atoms with Crippen molar-refractivity contribution in [3.8, 4) is 11.4 Å². The maximum absolute atomic E-state index is 13.1. The molecule has 0 aromatic carbocycles. The Balaban J connectivity index is 1.40. The van der Waals surface area contributed by atoms with E-state index in [0.717, 1.165) is 36.5 Å². The summed E-state index contributed by atoms with van der Waals surface area (Å²) in [5.74, 6) is 0.314. The lowest BCUT2D eigenvalue weighted by atomic mass is 10.2. The predicted molar refractivity (Wildman–Crippen MR) is 132 cm³/mol. The lowest BCUT2D eigenvalue weighted by Gasteiger charge is -2.20. The van der Waals surface area contributed by atoms with Crippen molar-refractivity contribution in [3.63, 3.8) is 0 Å². The van der Waals surface area contributed by atoms with Gasteiger partial charge in [-0.1, -0.05) is 0 Å². The standard InChI is InChI=1S/C24H28N8O4/c1-25-21-9-16(28-22-15(10-27-32(21)22)24(34)29-17-12-36-13-20(17)33)18-3-4-19(23-26-6-8-31(18)23)30-7-5-14(11-30)35-2/h3-4,6,8-10,14,17,20,25,33H,5,7,11-13H2,1-2H3,(H,29,34)/t14-,17-,20+/m0/s1. The molecule has 2 aliphatic rings. The monoisotopic (exact) mass is 492 g/mol. The molecule has 1 amide bonds. The molecule has 4 aromatic rings. The lowest BCUT2D eigenvalue weighted by Crippen LogP contribution is -2.42. The molecule has 12 heteroatoms. The first-order valence-electron chi connectivity index (χ1n) is 11.9. The normalized spacial score (nSPS) is 22.1. The molecule has 6 rings (SSSR count). The molecule has 6 heterocycles. The van der Waals surface area contributed by atoms with Crippen molar-refractivity contribution < 1.29 is 19.4 Å². The van der Waals surface area contributed by atoms with Gasteiger partial charge in [-0.15, -0.1) is 0 Å². The van der Waals surface area contributed by atoms with Gasteiger partial charge in [-0.2, -0.15) is 9.61 Å². The number of imidazole rings is 1. The summed E-state index contributed by atoms with van der Waals surface area (Å²) in [6.45, 7) is 2.19. The average molecular weight is 493 g/mol. The molecule has 0 spiro atoms. The number of nitrogens with one attached hydrogen (secondary N) is 2. The Morgan fingerprint density at radius 2 is 2.17 bits per heavy atom. The van der Waals surface area contributed by atoms with Crippen molar-refractivity contribution in [2.24, 2.45) is 0 Å². The highest BCUT2D eigenvalue weighted by Gasteiger charge is 2.29. The Labute approximate surface area is 206 Å². The second kappa shape index (κ2) is 9.04. The third-order valence-electron chi connectivity index (χ3n) is 6.95. The van der Waals surface area contributed by atoms with Gasteiger partial charge in [-0.25, -0.2) is 9.97 Å². The number of ether oxygens (including phenoxy) is 2. The third kappa shape index (κ3) is 3.74. The average Bonchev–Trinajstić information content (AvgIpc) is 3.69. The van der Waals surface area contributed by atoms with Crippen LogP contribution in [0.15, 0.2) is 36.8 Å². The lowest BCUT2D eigenvalue weighted by molar-refractivity contribution is 0.0888. The van der Waals surface area contributed by atoms with Gasteiger partial charge in [-0.05, 0) is 18.6 Å². The third-order valence-corrected chi connectivity index (χ3v) is 6.95. The molecule has 12 nitrogen and oxygen atoms in total. The molecule has 4 aromatic heterocycles. The second-order valence-electron chi connectivity index (χ2n) is 9.07. The van der Waals surface area contributed by atoms with Gasteiger partial charge in [0.2, 0.25) is 0 Å². The molecule has 3 atom stereocenters. The number of rotatable bonds is 6. The number of carbonyl (C=O) groups excluding carboxylic acids is 1. The Morgan fingerprint density at radius 3 is 2.92 bits per heavy atom. The summed E-state index contributed by atoms with van der Waals surface area (Å²) in [6, 6.07) is 5.50. The van der Waals surface area contributed by atoms with Crippen molar-refractivity contribution in [1.29, 1.82) is 0 Å². The SMILES string of the molecule is CNc1cc(-c2ccc(N3CC[C@H](OC)C3)c3nccn23)nc2c(C(=O)N[C@H]3COC[C@H]3O)cnn12. The van der Waals surface area contributed by atoms with Gasteiger partial charge in [0.05, 0.1) is 54.7 Å². The Bertz CT molecular complexity index is 1430. The van der Waals surface area contributed by atoms with Gasteiger partial charge in [0, 0.05) is 45.7 Å². The van der Waals surface area contributed by atoms with Crippen molar-refractivity contribution in [3.05, 3.63) is 42.4 Å². The van der Waals surface area contributed by atoms with Crippen LogP contribution in [0.4, 0.5) is 11.5 Å². The number of hydrogen-bond donors (Lipinski definition) is 3. The molecule has 2 aliphatic heterocycles. The molecule has 2 fully saturated rings. The topological polar surface area (TPSA) is 131 Å². The van der Waals surface area contributed by atoms with E-state index in [-0.39, 0.29) is 25.2 Å². The summed E-state index contributed by atoms with van der Waals surface area (Å²) in [4.78, 5) is 24.8. The van der Waals surface area contributed by atoms with Crippen LogP contribution in [-0.2, 0) is 9.47 Å². The first-order chi connectivity index (χ1) is 17.6. The highest BCUT2D eigenvalue weighted by atomic mass is 16.5. The molecular weight excluding hydrogens is 464 g/mol. The smallest absolute Gasteiger partial charge is 0.257 e. The maximum atomic E-state index is 13.1. The number of nitrogens with zero attached hydrogens (tertiary/aromatic N) is 6. The minimum Gasteiger partial charge on any atom is -0.388 e. The number of hydrogen-bond acceptors (Lipinski definition) is 9. The van der Waals surface area contributed by atoms with Crippen LogP contribution in [0, 0.1) is 0 Å². The number of amides is 1. The molecule has 0 saturated carbocycles. The predicted octanol–water partition coefficient (Wildman–Crippen LogP) is 0.800. The molecule has 0 radical (unpaired) electrons. The number of aliphatic hydroxyl groups is 1. The molecule has 0 unspecified atom stereocenters. The van der Waals surface area contributed by atoms with Crippen LogP contribution >= 0.6 is 0 Å². The quantitative estimate of drug-likeness (QED) is 0.358. The fourth-order valence-corrected chi connectivity index (χ4v) is 4.95. The summed E-state index contributed by atoms with van der Waals surface area (Å²) in [7, 11) is 3.54. The highest BCUT2D eigenvalue weighted by Crippen LogP contribution is 2.31. The van der Waals surface area contributed by atoms with Gasteiger partial charge in [0.15, 0.2) is 11.3 Å². The summed E-state index contributed by atoms with van der Waals surface area (Å²) in [5.41, 5.74) is 4.09. The number of aliphatic hydroxyl groups excluding tert-OH is 1. The largest absolute Gasteiger partial charge is 0.388 e. The zero-order chi connectivity index (χ0) is 24.8. The van der Waals surface area contributed by atoms with Gasteiger partial charge in [-0.3, -0.25) is 9.20 Å². The van der Waals surface area contributed by atoms with Crippen LogP contribution in [0.2, 0.25) is 0 Å². The second-order valence-corrected chi connectivity index (χ2v) is 9.07. The Hall–Kier alpha value is -3.74. The summed E-state index contributed by atoms with van der Waals surface area (Å²) < 4.78 is 14.4. The molecular formula is C24H28N8O4. The summed E-state index contributed by atoms with van der Waals surface area (Å²) in [5, 5.41) is 20.4. The Kier molecular flexibility index (Phi) is 5.70. The van der Waals surface area contributed by atoms with Crippen molar-refractivity contribution in [2.75, 3.05) is 50.7 Å². The fourth-order valence-electron chi connectivity index (χ4n) is 4.95. The zero-order valence-corrected chi connectivity index (χ0v) is 20.1. The number of methoxy groups -OCH3 is 1. The van der Waals surface area contributed by atoms with Crippen LogP contribution in [-0.4, -0.2) is 93.7 Å². The number of anilines is 2. The fraction of sp³-hybridized carbons (Fsp3) is 0.417. The first kappa shape index (κ1) is 22.7. The number of carbonyl (C=O) groups is 1. The van der Waals surface area contributed by atoms with E-state index in [2.05, 4.69) is 31.7 Å². The van der Waals surface area contributed by atoms with Crippen molar-refractivity contribution >= 4 is 28.7 Å². The Morgan fingerprint density at radius 1 is 1.28 bits per heavy atom.